The lowest BCUT2D eigenvalue weighted by Gasteiger charge is -2.38. The van der Waals surface area contributed by atoms with E-state index in [1.165, 1.54) is 0 Å². The predicted octanol–water partition coefficient (Wildman–Crippen LogP) is 2.32. The molecule has 2 aromatic heterocycles. The van der Waals surface area contributed by atoms with Crippen molar-refractivity contribution in [2.24, 2.45) is 7.05 Å². The molecule has 2 fully saturated rings. The molecule has 2 aliphatic heterocycles. The van der Waals surface area contributed by atoms with Crippen molar-refractivity contribution in [1.82, 2.24) is 25.0 Å². The van der Waals surface area contributed by atoms with Crippen LogP contribution >= 0.6 is 0 Å². The van der Waals surface area contributed by atoms with E-state index in [0.29, 0.717) is 24.1 Å². The molecule has 1 N–H and O–H groups in total. The molecule has 0 spiro atoms. The number of carbonyl (C=O) groups is 3. The molecule has 1 atom stereocenters. The number of carbonyl (C=O) groups excluding carboxylic acids is 3. The van der Waals surface area contributed by atoms with E-state index in [-0.39, 0.29) is 23.9 Å². The Kier molecular flexibility index (Phi) is 6.02. The summed E-state index contributed by atoms with van der Waals surface area (Å²) >= 11 is 0. The number of imide groups is 1. The summed E-state index contributed by atoms with van der Waals surface area (Å²) in [5.74, 6) is -1.02. The van der Waals surface area contributed by atoms with Gasteiger partial charge in [0.05, 0.1) is 23.3 Å². The van der Waals surface area contributed by atoms with Crippen LogP contribution in [0.1, 0.15) is 58.1 Å². The van der Waals surface area contributed by atoms with Gasteiger partial charge in [-0.25, -0.2) is 4.79 Å². The second-order valence-electron chi connectivity index (χ2n) is 9.88. The summed E-state index contributed by atoms with van der Waals surface area (Å²) in [6.07, 6.45) is 3.94. The van der Waals surface area contributed by atoms with Crippen LogP contribution in [-0.4, -0.2) is 69.4 Å². The van der Waals surface area contributed by atoms with Gasteiger partial charge in [0.25, 0.3) is 0 Å². The van der Waals surface area contributed by atoms with Crippen molar-refractivity contribution in [2.45, 2.75) is 64.0 Å². The van der Waals surface area contributed by atoms with E-state index in [1.807, 2.05) is 40.1 Å². The average Bonchev–Trinajstić information content (AvgIpc) is 3.08. The second-order valence-corrected chi connectivity index (χ2v) is 9.88. The first-order valence-electron chi connectivity index (χ1n) is 11.4. The molecule has 4 rings (SSSR count). The van der Waals surface area contributed by atoms with Crippen molar-refractivity contribution in [3.63, 3.8) is 0 Å². The summed E-state index contributed by atoms with van der Waals surface area (Å²) in [7, 11) is 3.64. The van der Waals surface area contributed by atoms with Crippen LogP contribution in [0.25, 0.3) is 11.0 Å². The minimum Gasteiger partial charge on any atom is -0.444 e. The first-order valence-corrected chi connectivity index (χ1v) is 11.4. The van der Waals surface area contributed by atoms with E-state index < -0.39 is 11.5 Å². The van der Waals surface area contributed by atoms with E-state index in [1.54, 1.807) is 16.6 Å². The molecule has 0 saturated carbocycles. The summed E-state index contributed by atoms with van der Waals surface area (Å²) in [6.45, 7) is 7.20. The number of amides is 3. The first kappa shape index (κ1) is 23.0. The Labute approximate surface area is 193 Å². The van der Waals surface area contributed by atoms with Crippen LogP contribution in [0, 0.1) is 0 Å². The van der Waals surface area contributed by atoms with Gasteiger partial charge in [-0.1, -0.05) is 0 Å². The Morgan fingerprint density at radius 1 is 1.21 bits per heavy atom. The second kappa shape index (κ2) is 8.64. The maximum atomic E-state index is 12.4. The number of rotatable bonds is 3. The van der Waals surface area contributed by atoms with Gasteiger partial charge < -0.3 is 14.5 Å². The Hall–Kier alpha value is -3.17. The molecule has 3 amide bonds. The van der Waals surface area contributed by atoms with Gasteiger partial charge in [-0.2, -0.15) is 5.10 Å². The number of aryl methyl sites for hydroxylation is 1. The third-order valence-corrected chi connectivity index (χ3v) is 6.33. The minimum atomic E-state index is -0.511. The van der Waals surface area contributed by atoms with Gasteiger partial charge in [0, 0.05) is 39.6 Å². The Morgan fingerprint density at radius 3 is 2.55 bits per heavy atom. The lowest BCUT2D eigenvalue weighted by Crippen LogP contribution is -2.47. The maximum Gasteiger partial charge on any atom is 0.410 e. The minimum absolute atomic E-state index is 0.128. The molecular weight excluding hydrogens is 424 g/mol. The van der Waals surface area contributed by atoms with Gasteiger partial charge in [-0.05, 0) is 46.1 Å². The van der Waals surface area contributed by atoms with E-state index in [4.69, 9.17) is 4.74 Å². The number of hydrogen-bond acceptors (Lipinski definition) is 7. The molecule has 0 aliphatic carbocycles. The van der Waals surface area contributed by atoms with Crippen molar-refractivity contribution in [1.29, 1.82) is 0 Å². The molecule has 10 nitrogen and oxygen atoms in total. The van der Waals surface area contributed by atoms with Crippen molar-refractivity contribution < 1.29 is 19.1 Å². The fourth-order valence-corrected chi connectivity index (χ4v) is 4.51. The van der Waals surface area contributed by atoms with Crippen LogP contribution in [0.4, 0.5) is 10.5 Å². The highest BCUT2D eigenvalue weighted by atomic mass is 16.6. The Morgan fingerprint density at radius 2 is 1.91 bits per heavy atom. The number of aromatic nitrogens is 3. The monoisotopic (exact) mass is 456 g/mol. The number of hydrogen-bond donors (Lipinski definition) is 1. The predicted molar refractivity (Wildman–Crippen MR) is 123 cm³/mol. The van der Waals surface area contributed by atoms with Crippen molar-refractivity contribution in [3.8, 4) is 0 Å². The maximum absolute atomic E-state index is 12.4. The average molecular weight is 457 g/mol. The molecule has 33 heavy (non-hydrogen) atoms. The summed E-state index contributed by atoms with van der Waals surface area (Å²) in [5, 5.41) is 6.96. The molecule has 1 unspecified atom stereocenters. The molecule has 0 bridgehead atoms. The van der Waals surface area contributed by atoms with Gasteiger partial charge in [-0.3, -0.25) is 24.6 Å². The van der Waals surface area contributed by atoms with Gasteiger partial charge in [0.1, 0.15) is 16.8 Å². The summed E-state index contributed by atoms with van der Waals surface area (Å²) < 4.78 is 7.24. The molecular formula is C23H32N6O4. The first-order chi connectivity index (χ1) is 15.5. The molecule has 2 saturated heterocycles. The number of nitrogens with zero attached hydrogens (tertiary/aromatic N) is 5. The fraction of sp³-hybridized carbons (Fsp3) is 0.609. The normalized spacial score (nSPS) is 20.2. The van der Waals surface area contributed by atoms with Crippen LogP contribution in [0.3, 0.4) is 0 Å². The van der Waals surface area contributed by atoms with Gasteiger partial charge in [0.2, 0.25) is 11.8 Å². The number of piperidine rings is 2. The zero-order valence-corrected chi connectivity index (χ0v) is 19.9. The van der Waals surface area contributed by atoms with Crippen molar-refractivity contribution >= 4 is 34.6 Å². The highest BCUT2D eigenvalue weighted by Crippen LogP contribution is 2.31. The SMILES string of the molecule is CN(C(=O)OC(C)(C)C)C1CCN(c2cnc3c(C4CCC(=O)NC4=O)nn(C)c3c2)CC1. The van der Waals surface area contributed by atoms with Crippen LogP contribution in [-0.2, 0) is 21.4 Å². The number of anilines is 1. The van der Waals surface area contributed by atoms with Gasteiger partial charge in [-0.15, -0.1) is 0 Å². The summed E-state index contributed by atoms with van der Waals surface area (Å²) in [4.78, 5) is 44.8. The fourth-order valence-electron chi connectivity index (χ4n) is 4.51. The lowest BCUT2D eigenvalue weighted by atomic mass is 9.94. The van der Waals surface area contributed by atoms with Crippen LogP contribution in [0.5, 0.6) is 0 Å². The number of fused-ring (bicyclic) bond motifs is 1. The van der Waals surface area contributed by atoms with Gasteiger partial charge >= 0.3 is 6.09 Å². The van der Waals surface area contributed by atoms with E-state index in [0.717, 1.165) is 37.1 Å². The molecule has 0 radical (unpaired) electrons. The van der Waals surface area contributed by atoms with Gasteiger partial charge in [0.15, 0.2) is 0 Å². The quantitative estimate of drug-likeness (QED) is 0.706. The zero-order chi connectivity index (χ0) is 23.9. The standard InChI is InChI=1S/C23H32N6O4/c1-23(2,3)33-22(32)27(4)14-8-10-29(11-9-14)15-12-17-20(24-13-15)19(26-28(17)5)16-6-7-18(30)25-21(16)31/h12-14,16H,6-11H2,1-5H3,(H,25,30,31). The molecule has 0 aromatic carbocycles. The molecule has 10 heteroatoms. The van der Waals surface area contributed by atoms with E-state index in [9.17, 15) is 14.4 Å². The van der Waals surface area contributed by atoms with Crippen molar-refractivity contribution in [2.75, 3.05) is 25.0 Å². The molecule has 178 valence electrons. The molecule has 4 heterocycles. The summed E-state index contributed by atoms with van der Waals surface area (Å²) in [6, 6.07) is 2.17. The van der Waals surface area contributed by atoms with Crippen LogP contribution < -0.4 is 10.2 Å². The summed E-state index contributed by atoms with van der Waals surface area (Å²) in [5.41, 5.74) is 2.62. The highest BCUT2D eigenvalue weighted by molar-refractivity contribution is 6.02. The Balaban J connectivity index is 1.46. The lowest BCUT2D eigenvalue weighted by molar-refractivity contribution is -0.134. The number of nitrogens with one attached hydrogen (secondary N) is 1. The van der Waals surface area contributed by atoms with Crippen molar-refractivity contribution in [3.05, 3.63) is 18.0 Å². The van der Waals surface area contributed by atoms with E-state index >= 15 is 0 Å². The van der Waals surface area contributed by atoms with E-state index in [2.05, 4.69) is 20.3 Å². The molecule has 2 aromatic rings. The number of ether oxygens (including phenoxy) is 1. The Bertz CT molecular complexity index is 1080. The smallest absolute Gasteiger partial charge is 0.410 e. The largest absolute Gasteiger partial charge is 0.444 e. The molecule has 2 aliphatic rings. The number of pyridine rings is 1. The van der Waals surface area contributed by atoms with Crippen LogP contribution in [0.2, 0.25) is 0 Å². The third kappa shape index (κ3) is 4.79. The zero-order valence-electron chi connectivity index (χ0n) is 19.9. The van der Waals surface area contributed by atoms with Crippen LogP contribution in [0.15, 0.2) is 12.3 Å². The topological polar surface area (TPSA) is 110 Å². The highest BCUT2D eigenvalue weighted by Gasteiger charge is 2.33. The third-order valence-electron chi connectivity index (χ3n) is 6.33.